The molecule has 0 saturated carbocycles. The molecular weight excluding hydrogens is 765 g/mol. The number of halogens is 5. The van der Waals surface area contributed by atoms with Crippen LogP contribution in [-0.2, 0) is 50.2 Å². The molecule has 5 N–H and O–H groups in total. The maximum Gasteiger partial charge on any atom is 0.490 e. The van der Waals surface area contributed by atoms with Gasteiger partial charge in [0.1, 0.15) is 24.3 Å². The van der Waals surface area contributed by atoms with E-state index in [1.54, 1.807) is 30.3 Å². The molecule has 0 aliphatic heterocycles. The number of sulfone groups is 1. The van der Waals surface area contributed by atoms with Crippen molar-refractivity contribution in [2.24, 2.45) is 0 Å². The molecule has 2 amide bonds. The van der Waals surface area contributed by atoms with Crippen molar-refractivity contribution in [3.8, 4) is 0 Å². The van der Waals surface area contributed by atoms with Gasteiger partial charge in [0, 0.05) is 19.2 Å². The van der Waals surface area contributed by atoms with E-state index in [9.17, 15) is 45.1 Å². The zero-order valence-corrected chi connectivity index (χ0v) is 32.3. The number of rotatable bonds is 20. The Morgan fingerprint density at radius 1 is 0.804 bits per heavy atom. The minimum absolute atomic E-state index is 0.0102. The number of ether oxygens (including phenoxy) is 1. The van der Waals surface area contributed by atoms with Gasteiger partial charge in [-0.05, 0) is 60.1 Å². The Labute approximate surface area is 324 Å². The zero-order chi connectivity index (χ0) is 41.9. The molecule has 0 heterocycles. The van der Waals surface area contributed by atoms with E-state index < -0.39 is 74.8 Å². The van der Waals surface area contributed by atoms with Crippen LogP contribution in [0.25, 0.3) is 0 Å². The Morgan fingerprint density at radius 2 is 1.38 bits per heavy atom. The highest BCUT2D eigenvalue weighted by Gasteiger charge is 2.38. The monoisotopic (exact) mass is 815 g/mol. The van der Waals surface area contributed by atoms with Gasteiger partial charge in [-0.3, -0.25) is 4.79 Å². The molecule has 0 spiro atoms. The van der Waals surface area contributed by atoms with Gasteiger partial charge in [0.2, 0.25) is 5.91 Å². The fourth-order valence-corrected chi connectivity index (χ4v) is 7.78. The van der Waals surface area contributed by atoms with Crippen molar-refractivity contribution in [3.63, 3.8) is 0 Å². The van der Waals surface area contributed by atoms with Crippen molar-refractivity contribution < 1.29 is 59.7 Å². The molecule has 0 radical (unpaired) electrons. The second kappa shape index (κ2) is 23.5. The average Bonchev–Trinajstić information content (AvgIpc) is 3.13. The molecule has 1 unspecified atom stereocenters. The summed E-state index contributed by atoms with van der Waals surface area (Å²) in [6.07, 6.45) is -4.66. The Bertz CT molecular complexity index is 1770. The molecule has 0 bridgehead atoms. The van der Waals surface area contributed by atoms with Gasteiger partial charge in [-0.1, -0.05) is 88.2 Å². The minimum atomic E-state index is -5.08. The van der Waals surface area contributed by atoms with Crippen LogP contribution in [-0.4, -0.2) is 78.5 Å². The molecule has 0 aliphatic carbocycles. The van der Waals surface area contributed by atoms with Gasteiger partial charge in [0.25, 0.3) is 0 Å². The van der Waals surface area contributed by atoms with Crippen molar-refractivity contribution >= 4 is 27.8 Å². The van der Waals surface area contributed by atoms with Crippen LogP contribution in [0.5, 0.6) is 0 Å². The maximum absolute atomic E-state index is 14.1. The van der Waals surface area contributed by atoms with Gasteiger partial charge < -0.3 is 30.9 Å². The summed E-state index contributed by atoms with van der Waals surface area (Å²) in [7, 11) is -3.89. The Hall–Kier alpha value is -4.61. The number of hydrogen-bond acceptors (Lipinski definition) is 8. The molecule has 0 saturated heterocycles. The fraction of sp³-hybridized carbons (Fsp3) is 0.462. The SMILES string of the molecule is CCCC(CCC)S(=O)(=O)CC(NC(=O)OCc1ccccc1)C(=O)N[C@@H](Cc1cc(F)cc(F)c1)[C@H](O)CNCc1cccc(CC)c1.O=C(O)C(F)(F)F. The normalized spacial score (nSPS) is 13.2. The van der Waals surface area contributed by atoms with Gasteiger partial charge in [0.15, 0.2) is 9.84 Å². The zero-order valence-electron chi connectivity index (χ0n) is 31.5. The largest absolute Gasteiger partial charge is 0.490 e. The highest BCUT2D eigenvalue weighted by molar-refractivity contribution is 7.92. The predicted molar refractivity (Wildman–Crippen MR) is 200 cm³/mol. The molecule has 0 aromatic heterocycles. The highest BCUT2D eigenvalue weighted by Crippen LogP contribution is 2.18. The molecule has 3 atom stereocenters. The van der Waals surface area contributed by atoms with Crippen molar-refractivity contribution in [2.45, 2.75) is 102 Å². The van der Waals surface area contributed by atoms with Gasteiger partial charge in [-0.15, -0.1) is 0 Å². The fourth-order valence-electron chi connectivity index (χ4n) is 5.62. The van der Waals surface area contributed by atoms with E-state index in [-0.39, 0.29) is 25.1 Å². The van der Waals surface area contributed by atoms with Crippen molar-refractivity contribution in [1.29, 1.82) is 0 Å². The van der Waals surface area contributed by atoms with E-state index in [1.807, 2.05) is 45.0 Å². The summed E-state index contributed by atoms with van der Waals surface area (Å²) in [5.74, 6) is -6.00. The molecule has 3 rings (SSSR count). The van der Waals surface area contributed by atoms with Gasteiger partial charge in [-0.2, -0.15) is 13.2 Å². The number of carbonyl (C=O) groups excluding carboxylic acids is 2. The van der Waals surface area contributed by atoms with Gasteiger partial charge in [0.05, 0.1) is 23.1 Å². The number of alkyl carbamates (subject to hydrolysis) is 1. The first-order chi connectivity index (χ1) is 26.4. The number of aryl methyl sites for hydroxylation is 1. The highest BCUT2D eigenvalue weighted by atomic mass is 32.2. The number of aliphatic hydroxyl groups is 1. The van der Waals surface area contributed by atoms with E-state index in [0.29, 0.717) is 43.9 Å². The van der Waals surface area contributed by atoms with E-state index in [1.165, 1.54) is 0 Å². The lowest BCUT2D eigenvalue weighted by atomic mass is 10.00. The summed E-state index contributed by atoms with van der Waals surface area (Å²) < 4.78 is 92.4. The summed E-state index contributed by atoms with van der Waals surface area (Å²) in [5, 5.41) is 25.9. The van der Waals surface area contributed by atoms with Crippen LogP contribution in [0.2, 0.25) is 0 Å². The predicted octanol–water partition coefficient (Wildman–Crippen LogP) is 6.02. The number of amides is 2. The number of aliphatic carboxylic acids is 1. The van der Waals surface area contributed by atoms with E-state index >= 15 is 0 Å². The summed E-state index contributed by atoms with van der Waals surface area (Å²) in [6, 6.07) is 17.0. The molecular formula is C39H50F5N3O8S. The number of hydrogen-bond donors (Lipinski definition) is 5. The third-order valence-electron chi connectivity index (χ3n) is 8.44. The van der Waals surface area contributed by atoms with Crippen LogP contribution in [0.3, 0.4) is 0 Å². The second-order valence-electron chi connectivity index (χ2n) is 13.1. The van der Waals surface area contributed by atoms with Crippen LogP contribution in [0.4, 0.5) is 26.7 Å². The molecule has 17 heteroatoms. The first-order valence-corrected chi connectivity index (χ1v) is 19.8. The summed E-state index contributed by atoms with van der Waals surface area (Å²) >= 11 is 0. The van der Waals surface area contributed by atoms with Crippen LogP contribution >= 0.6 is 0 Å². The number of benzene rings is 3. The van der Waals surface area contributed by atoms with Crippen molar-refractivity contribution in [2.75, 3.05) is 12.3 Å². The summed E-state index contributed by atoms with van der Waals surface area (Å²) in [4.78, 5) is 35.6. The lowest BCUT2D eigenvalue weighted by Crippen LogP contribution is -2.57. The third kappa shape index (κ3) is 17.5. The average molecular weight is 816 g/mol. The number of aliphatic hydroxyl groups excluding tert-OH is 1. The molecule has 3 aromatic carbocycles. The lowest BCUT2D eigenvalue weighted by molar-refractivity contribution is -0.192. The lowest BCUT2D eigenvalue weighted by Gasteiger charge is -2.28. The Balaban J connectivity index is 0.00000141. The van der Waals surface area contributed by atoms with Crippen molar-refractivity contribution in [1.82, 2.24) is 16.0 Å². The molecule has 56 heavy (non-hydrogen) atoms. The Kier molecular flexibility index (Phi) is 19.9. The third-order valence-corrected chi connectivity index (χ3v) is 10.7. The minimum Gasteiger partial charge on any atom is -0.475 e. The molecule has 3 aromatic rings. The van der Waals surface area contributed by atoms with Crippen molar-refractivity contribution in [3.05, 3.63) is 107 Å². The Morgan fingerprint density at radius 3 is 1.93 bits per heavy atom. The number of carboxylic acid groups (broad SMARTS) is 1. The van der Waals surface area contributed by atoms with Crippen LogP contribution in [0.15, 0.2) is 72.8 Å². The molecule has 0 aliphatic rings. The first kappa shape index (κ1) is 47.5. The standard InChI is InChI=1S/C37H49F2N3O6S.C2HF3O2/c1-4-11-32(12-5-2)49(46,47)25-34(42-37(45)48-24-27-13-8-7-9-14-27)36(44)41-33(20-29-18-30(38)21-31(39)19-29)35(43)23-40-22-28-16-10-15-26(6-3)17-28;3-2(4,5)1(6)7/h7-10,13-19,21,32-35,40,43H,4-6,11-12,20,22-25H2,1-3H3,(H,41,44)(H,42,45);(H,6,7)/t33-,34?,35+;/m0./s1. The number of alkyl halides is 3. The van der Waals surface area contributed by atoms with Gasteiger partial charge >= 0.3 is 18.2 Å². The van der Waals surface area contributed by atoms with Gasteiger partial charge in [-0.25, -0.2) is 26.8 Å². The van der Waals surface area contributed by atoms with Crippen LogP contribution in [0.1, 0.15) is 68.7 Å². The number of nitrogens with one attached hydrogen (secondary N) is 3. The molecule has 310 valence electrons. The summed E-state index contributed by atoms with van der Waals surface area (Å²) in [5.41, 5.74) is 2.99. The maximum atomic E-state index is 14.1. The second-order valence-corrected chi connectivity index (χ2v) is 15.4. The number of carbonyl (C=O) groups is 3. The summed E-state index contributed by atoms with van der Waals surface area (Å²) in [6.45, 7) is 6.08. The van der Waals surface area contributed by atoms with Crippen LogP contribution < -0.4 is 16.0 Å². The molecule has 11 nitrogen and oxygen atoms in total. The topological polar surface area (TPSA) is 171 Å². The van der Waals surface area contributed by atoms with E-state index in [0.717, 1.165) is 29.7 Å². The van der Waals surface area contributed by atoms with E-state index in [2.05, 4.69) is 16.0 Å². The quantitative estimate of drug-likeness (QED) is 0.0857. The van der Waals surface area contributed by atoms with E-state index in [4.69, 9.17) is 14.6 Å². The number of carboxylic acids is 1. The van der Waals surface area contributed by atoms with Crippen LogP contribution in [0, 0.1) is 11.6 Å². The molecule has 0 fully saturated rings. The smallest absolute Gasteiger partial charge is 0.475 e. The first-order valence-electron chi connectivity index (χ1n) is 18.1.